The zero-order chi connectivity index (χ0) is 14.2. The van der Waals surface area contributed by atoms with Gasteiger partial charge in [-0.3, -0.25) is 14.9 Å². The maximum atomic E-state index is 10.8. The number of carboxylic acid groups (broad SMARTS) is 1. The highest BCUT2D eigenvalue weighted by Crippen LogP contribution is 2.36. The molecule has 8 heteroatoms. The highest BCUT2D eigenvalue weighted by molar-refractivity contribution is 9.10. The predicted molar refractivity (Wildman–Crippen MR) is 71.3 cm³/mol. The van der Waals surface area contributed by atoms with Crippen LogP contribution in [0.3, 0.4) is 0 Å². The number of anilines is 1. The molecule has 1 aliphatic rings. The number of pyridine rings is 1. The van der Waals surface area contributed by atoms with Crippen molar-refractivity contribution in [3.05, 3.63) is 26.3 Å². The van der Waals surface area contributed by atoms with Gasteiger partial charge in [0.15, 0.2) is 0 Å². The van der Waals surface area contributed by atoms with Gasteiger partial charge in [0.2, 0.25) is 0 Å². The zero-order valence-corrected chi connectivity index (χ0v) is 11.8. The van der Waals surface area contributed by atoms with Crippen molar-refractivity contribution in [1.82, 2.24) is 4.98 Å². The lowest BCUT2D eigenvalue weighted by molar-refractivity contribution is -0.385. The molecule has 0 unspecified atom stereocenters. The summed E-state index contributed by atoms with van der Waals surface area (Å²) < 4.78 is 0.593. The van der Waals surface area contributed by atoms with Crippen LogP contribution in [0.2, 0.25) is 0 Å². The number of halogens is 1. The largest absolute Gasteiger partial charge is 0.481 e. The Kier molecular flexibility index (Phi) is 3.70. The Labute approximate surface area is 117 Å². The first-order valence-electron chi connectivity index (χ1n) is 5.66. The van der Waals surface area contributed by atoms with E-state index < -0.39 is 10.9 Å². The van der Waals surface area contributed by atoms with E-state index in [2.05, 4.69) is 20.9 Å². The number of carboxylic acids is 1. The Bertz CT molecular complexity index is 543. The summed E-state index contributed by atoms with van der Waals surface area (Å²) in [6, 6.07) is 0. The van der Waals surface area contributed by atoms with E-state index in [1.165, 1.54) is 6.20 Å². The van der Waals surface area contributed by atoms with Gasteiger partial charge in [-0.25, -0.2) is 4.98 Å². The second-order valence-electron chi connectivity index (χ2n) is 4.53. The molecule has 1 aromatic heterocycles. The highest BCUT2D eigenvalue weighted by Gasteiger charge is 2.32. The van der Waals surface area contributed by atoms with Crippen molar-refractivity contribution in [1.29, 1.82) is 0 Å². The third-order valence-electron chi connectivity index (χ3n) is 3.14. The number of nitro groups is 1. The minimum atomic E-state index is -0.809. The Balaban J connectivity index is 2.14. The standard InChI is InChI=1S/C11H12BrN3O4/c1-6-8(15(18)19)3-13-11(10(6)12)14-4-7(5-14)2-9(16)17/h3,7H,2,4-5H2,1H3,(H,16,17). The van der Waals surface area contributed by atoms with E-state index in [9.17, 15) is 14.9 Å². The summed E-state index contributed by atoms with van der Waals surface area (Å²) in [6.07, 6.45) is 1.38. The molecule has 0 radical (unpaired) electrons. The van der Waals surface area contributed by atoms with Crippen molar-refractivity contribution in [2.75, 3.05) is 18.0 Å². The van der Waals surface area contributed by atoms with Gasteiger partial charge in [0.25, 0.3) is 5.69 Å². The predicted octanol–water partition coefficient (Wildman–Crippen LogP) is 1.97. The van der Waals surface area contributed by atoms with Crippen LogP contribution in [-0.2, 0) is 4.79 Å². The first kappa shape index (κ1) is 13.7. The number of rotatable bonds is 4. The van der Waals surface area contributed by atoms with Crippen LogP contribution in [0.1, 0.15) is 12.0 Å². The second kappa shape index (κ2) is 5.12. The molecular formula is C11H12BrN3O4. The molecule has 0 aliphatic carbocycles. The van der Waals surface area contributed by atoms with Gasteiger partial charge in [-0.05, 0) is 22.9 Å². The summed E-state index contributed by atoms with van der Waals surface area (Å²) in [7, 11) is 0. The quantitative estimate of drug-likeness (QED) is 0.670. The van der Waals surface area contributed by atoms with Crippen LogP contribution in [0.4, 0.5) is 11.5 Å². The van der Waals surface area contributed by atoms with Gasteiger partial charge in [-0.15, -0.1) is 0 Å². The van der Waals surface area contributed by atoms with E-state index in [1.807, 2.05) is 4.90 Å². The Hall–Kier alpha value is -1.70. The first-order chi connectivity index (χ1) is 8.90. The molecule has 0 saturated carbocycles. The van der Waals surface area contributed by atoms with Gasteiger partial charge in [-0.1, -0.05) is 0 Å². The fourth-order valence-electron chi connectivity index (χ4n) is 2.08. The lowest BCUT2D eigenvalue weighted by atomic mass is 9.96. The number of hydrogen-bond donors (Lipinski definition) is 1. The highest BCUT2D eigenvalue weighted by atomic mass is 79.9. The molecule has 0 atom stereocenters. The number of nitrogens with zero attached hydrogens (tertiary/aromatic N) is 3. The van der Waals surface area contributed by atoms with Crippen LogP contribution in [0.5, 0.6) is 0 Å². The smallest absolute Gasteiger partial charge is 0.303 e. The van der Waals surface area contributed by atoms with Crippen molar-refractivity contribution < 1.29 is 14.8 Å². The number of aromatic nitrogens is 1. The molecule has 0 aromatic carbocycles. The van der Waals surface area contributed by atoms with Crippen LogP contribution < -0.4 is 4.90 Å². The molecule has 1 N–H and O–H groups in total. The molecule has 1 aromatic rings. The number of carbonyl (C=O) groups is 1. The molecule has 0 spiro atoms. The van der Waals surface area contributed by atoms with Gasteiger partial charge in [0, 0.05) is 24.6 Å². The fourth-order valence-corrected chi connectivity index (χ4v) is 2.64. The molecule has 2 rings (SSSR count). The van der Waals surface area contributed by atoms with E-state index in [4.69, 9.17) is 5.11 Å². The number of aliphatic carboxylic acids is 1. The monoisotopic (exact) mass is 329 g/mol. The fraction of sp³-hybridized carbons (Fsp3) is 0.455. The summed E-state index contributed by atoms with van der Waals surface area (Å²) >= 11 is 3.32. The normalized spacial score (nSPS) is 15.2. The average Bonchev–Trinajstić information content (AvgIpc) is 2.26. The van der Waals surface area contributed by atoms with Crippen LogP contribution in [0.15, 0.2) is 10.7 Å². The third-order valence-corrected chi connectivity index (χ3v) is 4.08. The minimum absolute atomic E-state index is 0.0294. The summed E-state index contributed by atoms with van der Waals surface area (Å²) in [5, 5.41) is 19.5. The Morgan fingerprint density at radius 1 is 1.68 bits per heavy atom. The van der Waals surface area contributed by atoms with Gasteiger partial charge < -0.3 is 10.0 Å². The van der Waals surface area contributed by atoms with Crippen molar-refractivity contribution in [3.8, 4) is 0 Å². The Morgan fingerprint density at radius 3 is 2.84 bits per heavy atom. The summed E-state index contributed by atoms with van der Waals surface area (Å²) in [5.41, 5.74) is 0.495. The average molecular weight is 330 g/mol. The second-order valence-corrected chi connectivity index (χ2v) is 5.33. The summed E-state index contributed by atoms with van der Waals surface area (Å²) in [6.45, 7) is 2.87. The van der Waals surface area contributed by atoms with E-state index in [-0.39, 0.29) is 18.0 Å². The van der Waals surface area contributed by atoms with E-state index >= 15 is 0 Å². The molecule has 1 fully saturated rings. The molecule has 1 saturated heterocycles. The maximum absolute atomic E-state index is 10.8. The van der Waals surface area contributed by atoms with Crippen molar-refractivity contribution >= 4 is 33.4 Å². The van der Waals surface area contributed by atoms with E-state index in [0.29, 0.717) is 28.9 Å². The molecule has 7 nitrogen and oxygen atoms in total. The van der Waals surface area contributed by atoms with Crippen LogP contribution in [-0.4, -0.2) is 34.1 Å². The summed E-state index contributed by atoms with van der Waals surface area (Å²) in [4.78, 5) is 26.9. The maximum Gasteiger partial charge on any atom is 0.303 e. The zero-order valence-electron chi connectivity index (χ0n) is 10.2. The lowest BCUT2D eigenvalue weighted by Crippen LogP contribution is -2.48. The SMILES string of the molecule is Cc1c([N+](=O)[O-])cnc(N2CC(CC(=O)O)C2)c1Br. The molecule has 102 valence electrons. The van der Waals surface area contributed by atoms with E-state index in [0.717, 1.165) is 0 Å². The molecule has 2 heterocycles. The summed E-state index contributed by atoms with van der Waals surface area (Å²) in [5.74, 6) is -0.0667. The first-order valence-corrected chi connectivity index (χ1v) is 6.45. The minimum Gasteiger partial charge on any atom is -0.481 e. The number of hydrogen-bond acceptors (Lipinski definition) is 5. The topological polar surface area (TPSA) is 96.6 Å². The lowest BCUT2D eigenvalue weighted by Gasteiger charge is -2.40. The van der Waals surface area contributed by atoms with Gasteiger partial charge in [-0.2, -0.15) is 0 Å². The van der Waals surface area contributed by atoms with Crippen molar-refractivity contribution in [2.45, 2.75) is 13.3 Å². The van der Waals surface area contributed by atoms with Crippen molar-refractivity contribution in [3.63, 3.8) is 0 Å². The Morgan fingerprint density at radius 2 is 2.32 bits per heavy atom. The molecule has 1 aliphatic heterocycles. The van der Waals surface area contributed by atoms with Crippen molar-refractivity contribution in [2.24, 2.45) is 5.92 Å². The molecule has 0 amide bonds. The van der Waals surface area contributed by atoms with Crippen LogP contribution in [0.25, 0.3) is 0 Å². The van der Waals surface area contributed by atoms with E-state index in [1.54, 1.807) is 6.92 Å². The van der Waals surface area contributed by atoms with Gasteiger partial charge in [0.1, 0.15) is 12.0 Å². The molecule has 19 heavy (non-hydrogen) atoms. The van der Waals surface area contributed by atoms with Crippen LogP contribution >= 0.6 is 15.9 Å². The van der Waals surface area contributed by atoms with Gasteiger partial charge in [0.05, 0.1) is 15.8 Å². The van der Waals surface area contributed by atoms with Gasteiger partial charge >= 0.3 is 5.97 Å². The molecular weight excluding hydrogens is 318 g/mol. The van der Waals surface area contributed by atoms with Crippen LogP contribution in [0, 0.1) is 23.0 Å². The third kappa shape index (κ3) is 2.67. The molecule has 0 bridgehead atoms.